The first-order chi connectivity index (χ1) is 10.2. The molecule has 1 atom stereocenters. The Morgan fingerprint density at radius 2 is 2.14 bits per heavy atom. The number of amides is 1. The van der Waals surface area contributed by atoms with Crippen LogP contribution in [-0.4, -0.2) is 51.2 Å². The summed E-state index contributed by atoms with van der Waals surface area (Å²) < 4.78 is 2.00. The maximum Gasteiger partial charge on any atom is 0.223 e. The number of nitrogens with one attached hydrogen (secondary N) is 1. The third-order valence-electron chi connectivity index (χ3n) is 4.44. The van der Waals surface area contributed by atoms with Crippen LogP contribution in [0, 0.1) is 6.92 Å². The lowest BCUT2D eigenvalue weighted by Gasteiger charge is -2.27. The van der Waals surface area contributed by atoms with E-state index in [2.05, 4.69) is 15.4 Å². The van der Waals surface area contributed by atoms with Crippen molar-refractivity contribution in [3.63, 3.8) is 0 Å². The zero-order valence-corrected chi connectivity index (χ0v) is 12.8. The second-order valence-electron chi connectivity index (χ2n) is 6.14. The van der Waals surface area contributed by atoms with Gasteiger partial charge < -0.3 is 10.2 Å². The molecule has 1 fully saturated rings. The van der Waals surface area contributed by atoms with Crippen molar-refractivity contribution in [2.45, 2.75) is 58.0 Å². The van der Waals surface area contributed by atoms with E-state index >= 15 is 0 Å². The van der Waals surface area contributed by atoms with Gasteiger partial charge in [0.05, 0.1) is 6.54 Å². The van der Waals surface area contributed by atoms with Crippen molar-refractivity contribution >= 4 is 5.91 Å². The molecule has 6 heteroatoms. The molecule has 21 heavy (non-hydrogen) atoms. The van der Waals surface area contributed by atoms with Crippen molar-refractivity contribution in [1.29, 1.82) is 0 Å². The third-order valence-corrected chi connectivity index (χ3v) is 4.44. The Morgan fingerprint density at radius 1 is 1.33 bits per heavy atom. The minimum absolute atomic E-state index is 0.301. The number of aromatic nitrogens is 3. The zero-order valence-electron chi connectivity index (χ0n) is 12.8. The highest BCUT2D eigenvalue weighted by molar-refractivity contribution is 5.76. The molecule has 2 aliphatic rings. The van der Waals surface area contributed by atoms with Crippen LogP contribution in [0.5, 0.6) is 0 Å². The first-order valence-electron chi connectivity index (χ1n) is 8.14. The van der Waals surface area contributed by atoms with Crippen molar-refractivity contribution in [2.75, 3.05) is 19.6 Å². The first-order valence-corrected chi connectivity index (χ1v) is 8.14. The van der Waals surface area contributed by atoms with E-state index in [9.17, 15) is 4.79 Å². The van der Waals surface area contributed by atoms with Crippen LogP contribution in [0.3, 0.4) is 0 Å². The molecule has 116 valence electrons. The maximum absolute atomic E-state index is 12.1. The number of fused-ring (bicyclic) bond motifs is 1. The molecule has 0 bridgehead atoms. The van der Waals surface area contributed by atoms with Crippen LogP contribution in [0.2, 0.25) is 0 Å². The third kappa shape index (κ3) is 3.61. The van der Waals surface area contributed by atoms with E-state index in [1.165, 1.54) is 6.42 Å². The molecule has 1 N–H and O–H groups in total. The minimum atomic E-state index is 0.301. The number of likely N-dealkylation sites (tertiary alicyclic amines) is 1. The van der Waals surface area contributed by atoms with Gasteiger partial charge in [0.1, 0.15) is 11.6 Å². The Balaban J connectivity index is 1.41. The highest BCUT2D eigenvalue weighted by atomic mass is 16.2. The molecule has 1 unspecified atom stereocenters. The Hall–Kier alpha value is -1.43. The number of rotatable bonds is 4. The van der Waals surface area contributed by atoms with Gasteiger partial charge in [-0.3, -0.25) is 4.79 Å². The summed E-state index contributed by atoms with van der Waals surface area (Å²) in [6.07, 6.45) is 6.25. The van der Waals surface area contributed by atoms with Gasteiger partial charge in [-0.15, -0.1) is 0 Å². The Morgan fingerprint density at radius 3 is 2.95 bits per heavy atom. The van der Waals surface area contributed by atoms with Crippen molar-refractivity contribution in [3.8, 4) is 0 Å². The van der Waals surface area contributed by atoms with Crippen LogP contribution in [-0.2, 0) is 17.8 Å². The molecule has 0 radical (unpaired) electrons. The quantitative estimate of drug-likeness (QED) is 0.895. The normalized spacial score (nSPS) is 22.1. The Labute approximate surface area is 125 Å². The van der Waals surface area contributed by atoms with Gasteiger partial charge in [0.15, 0.2) is 0 Å². The molecule has 6 nitrogen and oxygen atoms in total. The standard InChI is InChI=1S/C15H25N5O/c1-12-17-14-6-5-13(11-20(14)18-12)16-8-7-15(21)19-9-3-2-4-10-19/h13,16H,2-11H2,1H3. The van der Waals surface area contributed by atoms with Crippen LogP contribution in [0.15, 0.2) is 0 Å². The molecule has 1 saturated heterocycles. The summed E-state index contributed by atoms with van der Waals surface area (Å²) in [7, 11) is 0. The lowest BCUT2D eigenvalue weighted by atomic mass is 10.1. The number of nitrogens with zero attached hydrogens (tertiary/aromatic N) is 4. The molecule has 0 aliphatic carbocycles. The molecular formula is C15H25N5O. The highest BCUT2D eigenvalue weighted by Gasteiger charge is 2.21. The Bertz CT molecular complexity index is 492. The lowest BCUT2D eigenvalue weighted by Crippen LogP contribution is -2.41. The maximum atomic E-state index is 12.1. The van der Waals surface area contributed by atoms with Crippen molar-refractivity contribution in [1.82, 2.24) is 25.0 Å². The van der Waals surface area contributed by atoms with Gasteiger partial charge in [-0.1, -0.05) is 0 Å². The van der Waals surface area contributed by atoms with Gasteiger partial charge in [-0.05, 0) is 32.6 Å². The van der Waals surface area contributed by atoms with Crippen molar-refractivity contribution in [3.05, 3.63) is 11.6 Å². The summed E-state index contributed by atoms with van der Waals surface area (Å²) in [5, 5.41) is 7.91. The second kappa shape index (κ2) is 6.56. The number of hydrogen-bond donors (Lipinski definition) is 1. The van der Waals surface area contributed by atoms with Crippen LogP contribution < -0.4 is 5.32 Å². The van der Waals surface area contributed by atoms with Gasteiger partial charge in [0.25, 0.3) is 0 Å². The van der Waals surface area contributed by atoms with E-state index < -0.39 is 0 Å². The molecule has 1 aromatic heterocycles. The average molecular weight is 291 g/mol. The van der Waals surface area contributed by atoms with Gasteiger partial charge in [-0.25, -0.2) is 9.67 Å². The number of hydrogen-bond acceptors (Lipinski definition) is 4. The predicted octanol–water partition coefficient (Wildman–Crippen LogP) is 0.894. The molecular weight excluding hydrogens is 266 g/mol. The smallest absolute Gasteiger partial charge is 0.223 e. The summed E-state index contributed by atoms with van der Waals surface area (Å²) in [6, 6.07) is 0.410. The fraction of sp³-hybridized carbons (Fsp3) is 0.800. The topological polar surface area (TPSA) is 63.1 Å². The van der Waals surface area contributed by atoms with Crippen LogP contribution >= 0.6 is 0 Å². The van der Waals surface area contributed by atoms with E-state index in [4.69, 9.17) is 0 Å². The number of aryl methyl sites for hydroxylation is 2. The molecule has 1 aromatic rings. The molecule has 0 saturated carbocycles. The predicted molar refractivity (Wildman–Crippen MR) is 79.9 cm³/mol. The van der Waals surface area contributed by atoms with E-state index in [0.717, 1.165) is 63.5 Å². The first kappa shape index (κ1) is 14.5. The van der Waals surface area contributed by atoms with E-state index in [1.807, 2.05) is 16.5 Å². The SMILES string of the molecule is Cc1nc2n(n1)CC(NCCC(=O)N1CCCCC1)CC2. The molecule has 2 aliphatic heterocycles. The lowest BCUT2D eigenvalue weighted by molar-refractivity contribution is -0.132. The van der Waals surface area contributed by atoms with Gasteiger partial charge in [0, 0.05) is 38.5 Å². The fourth-order valence-electron chi connectivity index (χ4n) is 3.29. The number of piperidine rings is 1. The Kier molecular flexibility index (Phi) is 4.53. The largest absolute Gasteiger partial charge is 0.343 e. The second-order valence-corrected chi connectivity index (χ2v) is 6.14. The zero-order chi connectivity index (χ0) is 14.7. The van der Waals surface area contributed by atoms with Gasteiger partial charge >= 0.3 is 0 Å². The van der Waals surface area contributed by atoms with Crippen LogP contribution in [0.1, 0.15) is 43.8 Å². The molecule has 3 heterocycles. The molecule has 0 aromatic carbocycles. The highest BCUT2D eigenvalue weighted by Crippen LogP contribution is 2.13. The monoisotopic (exact) mass is 291 g/mol. The number of carbonyl (C=O) groups excluding carboxylic acids is 1. The van der Waals surface area contributed by atoms with Crippen molar-refractivity contribution in [2.24, 2.45) is 0 Å². The average Bonchev–Trinajstić information content (AvgIpc) is 2.87. The van der Waals surface area contributed by atoms with Gasteiger partial charge in [-0.2, -0.15) is 5.10 Å². The molecule has 1 amide bonds. The summed E-state index contributed by atoms with van der Waals surface area (Å²) >= 11 is 0. The summed E-state index contributed by atoms with van der Waals surface area (Å²) in [6.45, 7) is 5.47. The van der Waals surface area contributed by atoms with E-state index in [0.29, 0.717) is 18.4 Å². The minimum Gasteiger partial charge on any atom is -0.343 e. The van der Waals surface area contributed by atoms with E-state index in [1.54, 1.807) is 0 Å². The van der Waals surface area contributed by atoms with Gasteiger partial charge in [0.2, 0.25) is 5.91 Å². The summed E-state index contributed by atoms with van der Waals surface area (Å²) in [4.78, 5) is 18.5. The number of carbonyl (C=O) groups is 1. The van der Waals surface area contributed by atoms with E-state index in [-0.39, 0.29) is 0 Å². The fourth-order valence-corrected chi connectivity index (χ4v) is 3.29. The summed E-state index contributed by atoms with van der Waals surface area (Å²) in [5.41, 5.74) is 0. The molecule has 3 rings (SSSR count). The van der Waals surface area contributed by atoms with Crippen LogP contribution in [0.25, 0.3) is 0 Å². The van der Waals surface area contributed by atoms with Crippen LogP contribution in [0.4, 0.5) is 0 Å². The van der Waals surface area contributed by atoms with Crippen molar-refractivity contribution < 1.29 is 4.79 Å². The summed E-state index contributed by atoms with van der Waals surface area (Å²) in [5.74, 6) is 2.25. The molecule has 0 spiro atoms.